The first kappa shape index (κ1) is 8.00. The zero-order chi connectivity index (χ0) is 6.62. The Kier molecular flexibility index (Phi) is 3.11. The van der Waals surface area contributed by atoms with Crippen molar-refractivity contribution >= 4 is 18.5 Å². The van der Waals surface area contributed by atoms with Crippen LogP contribution in [0.15, 0.2) is 0 Å². The van der Waals surface area contributed by atoms with Crippen molar-refractivity contribution in [3.05, 3.63) is 0 Å². The quantitative estimate of drug-likeness (QED) is 0.434. The molecule has 1 unspecified atom stereocenters. The third kappa shape index (κ3) is 3.06. The van der Waals surface area contributed by atoms with Gasteiger partial charge in [0.2, 0.25) is 0 Å². The van der Waals surface area contributed by atoms with Crippen LogP contribution in [0.2, 0.25) is 12.6 Å². The van der Waals surface area contributed by atoms with Gasteiger partial charge in [0.05, 0.1) is 0 Å². The average molecular weight is 148 g/mol. The van der Waals surface area contributed by atoms with Crippen LogP contribution in [0.4, 0.5) is 0 Å². The van der Waals surface area contributed by atoms with Crippen molar-refractivity contribution in [1.82, 2.24) is 0 Å². The van der Waals surface area contributed by atoms with Gasteiger partial charge in [-0.1, -0.05) is 13.3 Å². The van der Waals surface area contributed by atoms with Crippen molar-refractivity contribution in [3.8, 4) is 5.69 Å². The second kappa shape index (κ2) is 3.11. The van der Waals surface area contributed by atoms with Crippen LogP contribution in [0.3, 0.4) is 0 Å². The Hall–Kier alpha value is -0.00312. The summed E-state index contributed by atoms with van der Waals surface area (Å²) in [6.45, 7) is 3.92. The maximum atomic E-state index is 8.40. The molecule has 0 aromatic carbocycles. The lowest BCUT2D eigenvalue weighted by Crippen LogP contribution is -2.18. The average Bonchev–Trinajstić information content (AvgIpc) is 1.67. The molecule has 0 radical (unpaired) electrons. The Bertz CT molecular complexity index is 105. The van der Waals surface area contributed by atoms with E-state index >= 15 is 0 Å². The molecule has 0 spiro atoms. The van der Waals surface area contributed by atoms with Crippen LogP contribution >= 0.6 is 11.1 Å². The van der Waals surface area contributed by atoms with Crippen LogP contribution in [0.1, 0.15) is 13.3 Å². The summed E-state index contributed by atoms with van der Waals surface area (Å²) < 4.78 is 0. The number of rotatable bonds is 2. The van der Waals surface area contributed by atoms with Gasteiger partial charge in [0.15, 0.2) is 0 Å². The monoisotopic (exact) mass is 147 g/mol. The minimum absolute atomic E-state index is 0.908. The van der Waals surface area contributed by atoms with E-state index in [-0.39, 0.29) is 0 Å². The third-order valence-electron chi connectivity index (χ3n) is 0.953. The highest BCUT2D eigenvalue weighted by molar-refractivity contribution is 7.24. The molecule has 0 saturated carbocycles. The van der Waals surface area contributed by atoms with E-state index in [0.717, 1.165) is 12.5 Å². The zero-order valence-corrected chi connectivity index (χ0v) is 7.00. The fourth-order valence-corrected chi connectivity index (χ4v) is 2.14. The van der Waals surface area contributed by atoms with Gasteiger partial charge in [-0.05, 0) is 12.6 Å². The van der Waals surface area contributed by atoms with E-state index in [1.54, 1.807) is 0 Å². The van der Waals surface area contributed by atoms with E-state index < -0.39 is 7.38 Å². The van der Waals surface area contributed by atoms with Crippen molar-refractivity contribution in [2.45, 2.75) is 25.9 Å². The summed E-state index contributed by atoms with van der Waals surface area (Å²) in [5.74, 6) is 0. The standard InChI is InChI=1S/C5H10ClNSi/c1-3-4-8(2,6)5-7/h3-4H2,1-2H3. The van der Waals surface area contributed by atoms with Crippen molar-refractivity contribution < 1.29 is 0 Å². The fraction of sp³-hybridized carbons (Fsp3) is 0.800. The second-order valence-electron chi connectivity index (χ2n) is 2.06. The SMILES string of the molecule is CCC[Si](C)(Cl)C#N. The molecular formula is C5H10ClNSi. The van der Waals surface area contributed by atoms with Crippen LogP contribution in [0.5, 0.6) is 0 Å². The van der Waals surface area contributed by atoms with E-state index in [9.17, 15) is 0 Å². The molecular weight excluding hydrogens is 138 g/mol. The molecule has 0 bridgehead atoms. The van der Waals surface area contributed by atoms with E-state index in [1.807, 2.05) is 13.5 Å². The maximum absolute atomic E-state index is 8.40. The summed E-state index contributed by atoms with van der Waals surface area (Å²) in [5, 5.41) is 8.40. The fourth-order valence-electron chi connectivity index (χ4n) is 0.525. The summed E-state index contributed by atoms with van der Waals surface area (Å²) in [6.07, 6.45) is 1.03. The third-order valence-corrected chi connectivity index (χ3v) is 3.68. The van der Waals surface area contributed by atoms with Gasteiger partial charge in [0, 0.05) is 5.69 Å². The lowest BCUT2D eigenvalue weighted by Gasteiger charge is -2.04. The van der Waals surface area contributed by atoms with E-state index in [4.69, 9.17) is 16.3 Å². The summed E-state index contributed by atoms with van der Waals surface area (Å²) in [5.41, 5.74) is 2.15. The summed E-state index contributed by atoms with van der Waals surface area (Å²) >= 11 is 5.80. The van der Waals surface area contributed by atoms with Gasteiger partial charge >= 0.3 is 0 Å². The molecule has 0 aromatic rings. The number of hydrogen-bond acceptors (Lipinski definition) is 1. The van der Waals surface area contributed by atoms with Gasteiger partial charge in [0.25, 0.3) is 7.38 Å². The van der Waals surface area contributed by atoms with Gasteiger partial charge in [-0.2, -0.15) is 0 Å². The van der Waals surface area contributed by atoms with E-state index in [2.05, 4.69) is 5.69 Å². The van der Waals surface area contributed by atoms with Gasteiger partial charge in [-0.3, -0.25) is 0 Å². The van der Waals surface area contributed by atoms with E-state index in [1.165, 1.54) is 0 Å². The Morgan fingerprint density at radius 3 is 2.38 bits per heavy atom. The van der Waals surface area contributed by atoms with Gasteiger partial charge < -0.3 is 0 Å². The highest BCUT2D eigenvalue weighted by Crippen LogP contribution is 2.14. The highest BCUT2D eigenvalue weighted by atomic mass is 35.6. The minimum Gasteiger partial charge on any atom is -0.205 e. The molecule has 0 aromatic heterocycles. The second-order valence-corrected chi connectivity index (χ2v) is 7.68. The molecule has 0 aliphatic carbocycles. The van der Waals surface area contributed by atoms with Crippen LogP contribution in [0.25, 0.3) is 0 Å². The van der Waals surface area contributed by atoms with Crippen molar-refractivity contribution in [2.24, 2.45) is 0 Å². The molecule has 0 aliphatic rings. The molecule has 8 heavy (non-hydrogen) atoms. The molecule has 1 nitrogen and oxygen atoms in total. The normalized spacial score (nSPS) is 16.8. The summed E-state index contributed by atoms with van der Waals surface area (Å²) in [6, 6.07) is 0.908. The number of nitrogens with zero attached hydrogens (tertiary/aromatic N) is 1. The smallest absolute Gasteiger partial charge is 0.205 e. The molecule has 1 atom stereocenters. The maximum Gasteiger partial charge on any atom is 0.265 e. The molecule has 0 N–H and O–H groups in total. The molecule has 46 valence electrons. The van der Waals surface area contributed by atoms with Crippen molar-refractivity contribution in [1.29, 1.82) is 5.26 Å². The van der Waals surface area contributed by atoms with Gasteiger partial charge in [-0.15, -0.1) is 11.1 Å². The van der Waals surface area contributed by atoms with Gasteiger partial charge in [-0.25, -0.2) is 5.26 Å². The molecule has 0 aliphatic heterocycles. The number of halogens is 1. The van der Waals surface area contributed by atoms with Crippen molar-refractivity contribution in [2.75, 3.05) is 0 Å². The largest absolute Gasteiger partial charge is 0.265 e. The van der Waals surface area contributed by atoms with E-state index in [0.29, 0.717) is 0 Å². The Morgan fingerprint density at radius 1 is 1.75 bits per heavy atom. The summed E-state index contributed by atoms with van der Waals surface area (Å²) in [4.78, 5) is 0. The van der Waals surface area contributed by atoms with Crippen molar-refractivity contribution in [3.63, 3.8) is 0 Å². The predicted octanol–water partition coefficient (Wildman–Crippen LogP) is 2.27. The molecule has 3 heteroatoms. The predicted molar refractivity (Wildman–Crippen MR) is 38.2 cm³/mol. The number of hydrogen-bond donors (Lipinski definition) is 0. The van der Waals surface area contributed by atoms with Crippen LogP contribution < -0.4 is 0 Å². The number of nitriles is 1. The first-order valence-corrected chi connectivity index (χ1v) is 6.44. The Morgan fingerprint density at radius 2 is 2.25 bits per heavy atom. The first-order valence-electron chi connectivity index (χ1n) is 2.72. The highest BCUT2D eigenvalue weighted by Gasteiger charge is 2.22. The van der Waals surface area contributed by atoms with Crippen LogP contribution in [0, 0.1) is 11.0 Å². The molecule has 0 heterocycles. The Balaban J connectivity index is 3.59. The van der Waals surface area contributed by atoms with Gasteiger partial charge in [0.1, 0.15) is 0 Å². The Labute approximate surface area is 56.0 Å². The zero-order valence-electron chi connectivity index (χ0n) is 5.24. The molecule has 0 amide bonds. The lowest BCUT2D eigenvalue weighted by atomic mass is 10.6. The summed E-state index contributed by atoms with van der Waals surface area (Å²) in [7, 11) is -1.90. The first-order chi connectivity index (χ1) is 3.62. The minimum atomic E-state index is -1.90. The lowest BCUT2D eigenvalue weighted by molar-refractivity contribution is 1.06. The molecule has 0 fully saturated rings. The van der Waals surface area contributed by atoms with Crippen LogP contribution in [-0.2, 0) is 0 Å². The molecule has 0 saturated heterocycles. The van der Waals surface area contributed by atoms with Crippen LogP contribution in [-0.4, -0.2) is 7.38 Å². The topological polar surface area (TPSA) is 23.8 Å². The molecule has 0 rings (SSSR count).